The molecule has 0 spiro atoms. The molecule has 23 heavy (non-hydrogen) atoms. The van der Waals surface area contributed by atoms with Crippen LogP contribution in [0.4, 0.5) is 8.78 Å². The van der Waals surface area contributed by atoms with Crippen LogP contribution in [0.2, 0.25) is 0 Å². The molecule has 0 amide bonds. The zero-order valence-corrected chi connectivity index (χ0v) is 12.5. The van der Waals surface area contributed by atoms with E-state index in [1.54, 1.807) is 11.5 Å². The van der Waals surface area contributed by atoms with Crippen molar-refractivity contribution in [3.05, 3.63) is 45.8 Å². The highest BCUT2D eigenvalue weighted by Gasteiger charge is 2.24. The number of hydrogen-bond acceptors (Lipinski definition) is 4. The molecule has 0 radical (unpaired) electrons. The maximum atomic E-state index is 13.6. The molecule has 0 N–H and O–H groups in total. The van der Waals surface area contributed by atoms with E-state index in [1.165, 1.54) is 6.20 Å². The zero-order chi connectivity index (χ0) is 16.6. The van der Waals surface area contributed by atoms with Crippen LogP contribution in [0, 0.1) is 11.6 Å². The predicted octanol–water partition coefficient (Wildman–Crippen LogP) is 2.42. The highest BCUT2D eigenvalue weighted by atomic mass is 19.2. The van der Waals surface area contributed by atoms with Crippen LogP contribution in [-0.2, 0) is 9.47 Å². The molecule has 1 aromatic heterocycles. The van der Waals surface area contributed by atoms with Gasteiger partial charge in [-0.2, -0.15) is 0 Å². The third kappa shape index (κ3) is 2.72. The van der Waals surface area contributed by atoms with Crippen LogP contribution in [0.3, 0.4) is 0 Å². The van der Waals surface area contributed by atoms with E-state index >= 15 is 0 Å². The third-order valence-electron chi connectivity index (χ3n) is 3.87. The van der Waals surface area contributed by atoms with Gasteiger partial charge in [0.2, 0.25) is 5.43 Å². The quantitative estimate of drug-likeness (QED) is 0.814. The van der Waals surface area contributed by atoms with Crippen molar-refractivity contribution in [3.8, 4) is 0 Å². The van der Waals surface area contributed by atoms with Crippen LogP contribution < -0.4 is 5.43 Å². The van der Waals surface area contributed by atoms with Gasteiger partial charge in [-0.15, -0.1) is 0 Å². The Hall–Kier alpha value is -2.28. The molecule has 3 rings (SSSR count). The van der Waals surface area contributed by atoms with Crippen molar-refractivity contribution in [3.63, 3.8) is 0 Å². The van der Waals surface area contributed by atoms with Crippen LogP contribution in [0.1, 0.15) is 29.7 Å². The minimum absolute atomic E-state index is 0.0543. The van der Waals surface area contributed by atoms with Gasteiger partial charge in [-0.1, -0.05) is 0 Å². The number of aromatic nitrogens is 1. The molecule has 0 saturated carbocycles. The number of hydrogen-bond donors (Lipinski definition) is 0. The first kappa shape index (κ1) is 15.6. The molecule has 1 atom stereocenters. The number of carbonyl (C=O) groups excluding carboxylic acids is 1. The number of carbonyl (C=O) groups is 1. The van der Waals surface area contributed by atoms with Crippen LogP contribution in [0.25, 0.3) is 10.9 Å². The largest absolute Gasteiger partial charge is 0.462 e. The molecule has 0 aliphatic carbocycles. The molecule has 1 aliphatic heterocycles. The van der Waals surface area contributed by atoms with Crippen molar-refractivity contribution < 1.29 is 23.0 Å². The topological polar surface area (TPSA) is 57.5 Å². The number of esters is 1. The van der Waals surface area contributed by atoms with Crippen LogP contribution in [0.15, 0.2) is 23.1 Å². The summed E-state index contributed by atoms with van der Waals surface area (Å²) < 4.78 is 39.0. The van der Waals surface area contributed by atoms with Gasteiger partial charge >= 0.3 is 5.97 Å². The highest BCUT2D eigenvalue weighted by Crippen LogP contribution is 2.25. The summed E-state index contributed by atoms with van der Waals surface area (Å²) in [5.74, 6) is -2.96. The van der Waals surface area contributed by atoms with Crippen molar-refractivity contribution in [2.75, 3.05) is 19.8 Å². The average molecular weight is 323 g/mol. The average Bonchev–Trinajstić information content (AvgIpc) is 3.04. The highest BCUT2D eigenvalue weighted by molar-refractivity contribution is 5.93. The monoisotopic (exact) mass is 323 g/mol. The first-order valence-corrected chi connectivity index (χ1v) is 7.31. The Morgan fingerprint density at radius 2 is 2.13 bits per heavy atom. The molecule has 1 unspecified atom stereocenters. The summed E-state index contributed by atoms with van der Waals surface area (Å²) in [5.41, 5.74) is -0.637. The van der Waals surface area contributed by atoms with Crippen molar-refractivity contribution >= 4 is 16.9 Å². The van der Waals surface area contributed by atoms with E-state index < -0.39 is 23.0 Å². The van der Waals surface area contributed by atoms with Gasteiger partial charge < -0.3 is 14.0 Å². The maximum absolute atomic E-state index is 13.6. The van der Waals surface area contributed by atoms with Crippen LogP contribution in [-0.4, -0.2) is 30.4 Å². The molecule has 1 fully saturated rings. The molecule has 1 aliphatic rings. The molecule has 1 saturated heterocycles. The van der Waals surface area contributed by atoms with E-state index in [0.717, 1.165) is 12.1 Å². The van der Waals surface area contributed by atoms with Gasteiger partial charge in [0.25, 0.3) is 0 Å². The van der Waals surface area contributed by atoms with Crippen molar-refractivity contribution in [1.82, 2.24) is 4.57 Å². The molecule has 2 aromatic rings. The fourth-order valence-electron chi connectivity index (χ4n) is 2.74. The normalized spacial score (nSPS) is 17.6. The summed E-state index contributed by atoms with van der Waals surface area (Å²) in [7, 11) is 0. The molecule has 7 heteroatoms. The van der Waals surface area contributed by atoms with E-state index in [0.29, 0.717) is 19.6 Å². The van der Waals surface area contributed by atoms with Gasteiger partial charge in [-0.05, 0) is 19.4 Å². The second-order valence-corrected chi connectivity index (χ2v) is 5.30. The van der Waals surface area contributed by atoms with Crippen molar-refractivity contribution in [2.24, 2.45) is 0 Å². The number of nitrogens with zero attached hydrogens (tertiary/aromatic N) is 1. The summed E-state index contributed by atoms with van der Waals surface area (Å²) in [6.45, 7) is 2.63. The third-order valence-corrected chi connectivity index (χ3v) is 3.87. The zero-order valence-electron chi connectivity index (χ0n) is 12.5. The number of halogens is 2. The Bertz CT molecular complexity index is 825. The summed E-state index contributed by atoms with van der Waals surface area (Å²) >= 11 is 0. The SMILES string of the molecule is CCOC(=O)c1cn(C2CCOC2)c2cc(F)c(F)cc2c1=O. The van der Waals surface area contributed by atoms with Gasteiger partial charge in [0, 0.05) is 24.3 Å². The van der Waals surface area contributed by atoms with E-state index in [9.17, 15) is 18.4 Å². The van der Waals surface area contributed by atoms with Gasteiger partial charge in [0.15, 0.2) is 11.6 Å². The molecule has 122 valence electrons. The van der Waals surface area contributed by atoms with E-state index in [1.807, 2.05) is 0 Å². The fraction of sp³-hybridized carbons (Fsp3) is 0.375. The van der Waals surface area contributed by atoms with Gasteiger partial charge in [-0.3, -0.25) is 4.79 Å². The first-order chi connectivity index (χ1) is 11.0. The molecule has 2 heterocycles. The summed E-state index contributed by atoms with van der Waals surface area (Å²) in [6, 6.07) is 1.64. The Labute approximate surface area is 130 Å². The Morgan fingerprint density at radius 1 is 1.39 bits per heavy atom. The molecule has 5 nitrogen and oxygen atoms in total. The van der Waals surface area contributed by atoms with Gasteiger partial charge in [-0.25, -0.2) is 13.6 Å². The second-order valence-electron chi connectivity index (χ2n) is 5.30. The van der Waals surface area contributed by atoms with Crippen molar-refractivity contribution in [2.45, 2.75) is 19.4 Å². The van der Waals surface area contributed by atoms with Crippen LogP contribution >= 0.6 is 0 Å². The Balaban J connectivity index is 2.30. The molecular weight excluding hydrogens is 308 g/mol. The fourth-order valence-corrected chi connectivity index (χ4v) is 2.74. The number of ether oxygens (including phenoxy) is 2. The summed E-state index contributed by atoms with van der Waals surface area (Å²) in [6.07, 6.45) is 2.00. The maximum Gasteiger partial charge on any atom is 0.343 e. The smallest absolute Gasteiger partial charge is 0.343 e. The minimum atomic E-state index is -1.13. The standard InChI is InChI=1S/C16H15F2NO4/c1-2-23-16(21)11-7-19(9-3-4-22-8-9)14-6-13(18)12(17)5-10(14)15(11)20/h5-7,9H,2-4,8H2,1H3. The lowest BCUT2D eigenvalue weighted by Crippen LogP contribution is -2.23. The Kier molecular flexibility index (Phi) is 4.12. The molecule has 0 bridgehead atoms. The number of benzene rings is 1. The lowest BCUT2D eigenvalue weighted by molar-refractivity contribution is 0.0524. The molecular formula is C16H15F2NO4. The number of rotatable bonds is 3. The van der Waals surface area contributed by atoms with E-state index in [2.05, 4.69) is 0 Å². The number of fused-ring (bicyclic) bond motifs is 1. The second kappa shape index (κ2) is 6.08. The minimum Gasteiger partial charge on any atom is -0.462 e. The van der Waals surface area contributed by atoms with Gasteiger partial charge in [0.05, 0.1) is 24.8 Å². The first-order valence-electron chi connectivity index (χ1n) is 7.31. The van der Waals surface area contributed by atoms with Crippen molar-refractivity contribution in [1.29, 1.82) is 0 Å². The lowest BCUT2D eigenvalue weighted by atomic mass is 10.1. The predicted molar refractivity (Wildman–Crippen MR) is 78.6 cm³/mol. The summed E-state index contributed by atoms with van der Waals surface area (Å²) in [5, 5.41) is -0.0543. The Morgan fingerprint density at radius 3 is 2.78 bits per heavy atom. The summed E-state index contributed by atoms with van der Waals surface area (Å²) in [4.78, 5) is 24.4. The van der Waals surface area contributed by atoms with Crippen LogP contribution in [0.5, 0.6) is 0 Å². The molecule has 1 aromatic carbocycles. The number of pyridine rings is 1. The van der Waals surface area contributed by atoms with Gasteiger partial charge in [0.1, 0.15) is 5.56 Å². The van der Waals surface area contributed by atoms with E-state index in [4.69, 9.17) is 9.47 Å². The lowest BCUT2D eigenvalue weighted by Gasteiger charge is -2.18. The van der Waals surface area contributed by atoms with E-state index in [-0.39, 0.29) is 29.1 Å².